The molecule has 0 atom stereocenters. The summed E-state index contributed by atoms with van der Waals surface area (Å²) in [5.74, 6) is -0.0308. The molecule has 0 bridgehead atoms. The molecule has 0 aliphatic carbocycles. The molecule has 5 heteroatoms. The molecule has 0 aliphatic rings. The van der Waals surface area contributed by atoms with Crippen molar-refractivity contribution in [3.05, 3.63) is 58.3 Å². The van der Waals surface area contributed by atoms with Gasteiger partial charge in [-0.1, -0.05) is 28.1 Å². The first kappa shape index (κ1) is 14.5. The monoisotopic (exact) mass is 333 g/mol. The Hall–Kier alpha value is -1.88. The second kappa shape index (κ2) is 6.52. The number of rotatable bonds is 4. The summed E-state index contributed by atoms with van der Waals surface area (Å²) in [6.07, 6.45) is 3.28. The van der Waals surface area contributed by atoms with E-state index in [2.05, 4.69) is 26.2 Å². The average Bonchev–Trinajstić information content (AvgIpc) is 2.46. The van der Waals surface area contributed by atoms with E-state index in [-0.39, 0.29) is 5.91 Å². The van der Waals surface area contributed by atoms with Gasteiger partial charge in [-0.2, -0.15) is 0 Å². The number of carbonyl (C=O) groups excluding carboxylic acids is 1. The molecule has 104 valence electrons. The molecule has 0 unspecified atom stereocenters. The summed E-state index contributed by atoms with van der Waals surface area (Å²) >= 11 is 3.44. The van der Waals surface area contributed by atoms with Gasteiger partial charge in [-0.25, -0.2) is 0 Å². The summed E-state index contributed by atoms with van der Waals surface area (Å²) in [5.41, 5.74) is 2.44. The van der Waals surface area contributed by atoms with Gasteiger partial charge >= 0.3 is 0 Å². The summed E-state index contributed by atoms with van der Waals surface area (Å²) in [6, 6.07) is 9.66. The second-order valence-electron chi connectivity index (χ2n) is 4.46. The van der Waals surface area contributed by atoms with Crippen molar-refractivity contribution in [3.63, 3.8) is 0 Å². The number of nitrogens with zero attached hydrogens (tertiary/aromatic N) is 2. The highest BCUT2D eigenvalue weighted by molar-refractivity contribution is 9.10. The van der Waals surface area contributed by atoms with E-state index in [1.54, 1.807) is 37.5 Å². The lowest BCUT2D eigenvalue weighted by Crippen LogP contribution is -2.27. The highest BCUT2D eigenvalue weighted by Gasteiger charge is 2.15. The largest absolute Gasteiger partial charge is 0.386 e. The molecule has 20 heavy (non-hydrogen) atoms. The molecule has 0 spiro atoms. The van der Waals surface area contributed by atoms with E-state index in [0.717, 1.165) is 15.7 Å². The van der Waals surface area contributed by atoms with Crippen molar-refractivity contribution in [2.45, 2.75) is 6.54 Å². The van der Waals surface area contributed by atoms with E-state index in [9.17, 15) is 4.79 Å². The van der Waals surface area contributed by atoms with E-state index in [1.807, 2.05) is 24.3 Å². The molecule has 4 nitrogen and oxygen atoms in total. The summed E-state index contributed by atoms with van der Waals surface area (Å²) in [4.78, 5) is 18.2. The number of pyridine rings is 1. The summed E-state index contributed by atoms with van der Waals surface area (Å²) in [7, 11) is 3.57. The number of aromatic nitrogens is 1. The zero-order valence-electron chi connectivity index (χ0n) is 11.4. The van der Waals surface area contributed by atoms with Crippen molar-refractivity contribution in [1.82, 2.24) is 9.88 Å². The fourth-order valence-corrected chi connectivity index (χ4v) is 2.41. The molecule has 1 amide bonds. The zero-order chi connectivity index (χ0) is 14.5. The Bertz CT molecular complexity index is 616. The molecule has 0 fully saturated rings. The van der Waals surface area contributed by atoms with Gasteiger partial charge in [-0.05, 0) is 23.8 Å². The van der Waals surface area contributed by atoms with Gasteiger partial charge < -0.3 is 10.2 Å². The maximum atomic E-state index is 12.5. The number of anilines is 1. The highest BCUT2D eigenvalue weighted by Crippen LogP contribution is 2.17. The molecule has 1 heterocycles. The van der Waals surface area contributed by atoms with Gasteiger partial charge in [0, 0.05) is 31.3 Å². The minimum absolute atomic E-state index is 0.0308. The van der Waals surface area contributed by atoms with Gasteiger partial charge in [0.05, 0.1) is 17.4 Å². The van der Waals surface area contributed by atoms with Crippen molar-refractivity contribution in [3.8, 4) is 0 Å². The maximum absolute atomic E-state index is 12.5. The molecule has 1 aromatic heterocycles. The maximum Gasteiger partial charge on any atom is 0.256 e. The van der Waals surface area contributed by atoms with E-state index in [1.165, 1.54) is 0 Å². The third kappa shape index (κ3) is 3.36. The SMILES string of the molecule is CNc1cnccc1C(=O)N(C)Cc1cccc(Br)c1. The predicted octanol–water partition coefficient (Wildman–Crippen LogP) is 3.16. The van der Waals surface area contributed by atoms with E-state index >= 15 is 0 Å². The number of benzene rings is 1. The van der Waals surface area contributed by atoms with Crippen molar-refractivity contribution < 1.29 is 4.79 Å². The first-order valence-electron chi connectivity index (χ1n) is 6.23. The van der Waals surface area contributed by atoms with Crippen LogP contribution in [0.3, 0.4) is 0 Å². The van der Waals surface area contributed by atoms with Gasteiger partial charge in [-0.3, -0.25) is 9.78 Å². The van der Waals surface area contributed by atoms with Crippen LogP contribution in [0.4, 0.5) is 5.69 Å². The molecule has 2 rings (SSSR count). The van der Waals surface area contributed by atoms with Crippen molar-refractivity contribution in [1.29, 1.82) is 0 Å². The molecule has 0 radical (unpaired) electrons. The molecule has 1 aromatic carbocycles. The lowest BCUT2D eigenvalue weighted by Gasteiger charge is -2.19. The van der Waals surface area contributed by atoms with Gasteiger partial charge in [0.2, 0.25) is 0 Å². The number of nitrogens with one attached hydrogen (secondary N) is 1. The van der Waals surface area contributed by atoms with Crippen LogP contribution in [0.25, 0.3) is 0 Å². The normalized spacial score (nSPS) is 10.2. The minimum atomic E-state index is -0.0308. The Morgan fingerprint density at radius 2 is 2.20 bits per heavy atom. The van der Waals surface area contributed by atoms with Crippen LogP contribution < -0.4 is 5.32 Å². The van der Waals surface area contributed by atoms with Gasteiger partial charge in [0.25, 0.3) is 5.91 Å². The van der Waals surface area contributed by atoms with E-state index in [4.69, 9.17) is 0 Å². The lowest BCUT2D eigenvalue weighted by molar-refractivity contribution is 0.0786. The summed E-state index contributed by atoms with van der Waals surface area (Å²) in [5, 5.41) is 2.99. The fourth-order valence-electron chi connectivity index (χ4n) is 1.97. The number of halogens is 1. The second-order valence-corrected chi connectivity index (χ2v) is 5.38. The van der Waals surface area contributed by atoms with Crippen LogP contribution in [0.5, 0.6) is 0 Å². The number of amides is 1. The molecular formula is C15H16BrN3O. The van der Waals surface area contributed by atoms with Gasteiger partial charge in [0.1, 0.15) is 0 Å². The van der Waals surface area contributed by atoms with E-state index in [0.29, 0.717) is 12.1 Å². The Balaban J connectivity index is 2.16. The third-order valence-electron chi connectivity index (χ3n) is 2.98. The first-order chi connectivity index (χ1) is 9.61. The summed E-state index contributed by atoms with van der Waals surface area (Å²) < 4.78 is 1.01. The van der Waals surface area contributed by atoms with Crippen LogP contribution in [-0.2, 0) is 6.54 Å². The molecule has 2 aromatic rings. The van der Waals surface area contributed by atoms with Crippen LogP contribution in [0.1, 0.15) is 15.9 Å². The Labute approximate surface area is 127 Å². The average molecular weight is 334 g/mol. The van der Waals surface area contributed by atoms with Gasteiger partial charge in [0.15, 0.2) is 0 Å². The van der Waals surface area contributed by atoms with Crippen LogP contribution in [0.2, 0.25) is 0 Å². The van der Waals surface area contributed by atoms with Crippen LogP contribution in [-0.4, -0.2) is 29.9 Å². The topological polar surface area (TPSA) is 45.2 Å². The fraction of sp³-hybridized carbons (Fsp3) is 0.200. The Morgan fingerprint density at radius 1 is 1.40 bits per heavy atom. The summed E-state index contributed by atoms with van der Waals surface area (Å²) in [6.45, 7) is 0.559. The van der Waals surface area contributed by atoms with E-state index < -0.39 is 0 Å². The Morgan fingerprint density at radius 3 is 2.90 bits per heavy atom. The molecular weight excluding hydrogens is 318 g/mol. The quantitative estimate of drug-likeness (QED) is 0.934. The van der Waals surface area contributed by atoms with Crippen LogP contribution in [0.15, 0.2) is 47.2 Å². The predicted molar refractivity (Wildman–Crippen MR) is 83.7 cm³/mol. The first-order valence-corrected chi connectivity index (χ1v) is 7.03. The minimum Gasteiger partial charge on any atom is -0.386 e. The Kier molecular flexibility index (Phi) is 4.74. The van der Waals surface area contributed by atoms with Crippen LogP contribution >= 0.6 is 15.9 Å². The van der Waals surface area contributed by atoms with Crippen molar-refractivity contribution in [2.24, 2.45) is 0 Å². The molecule has 0 saturated carbocycles. The highest BCUT2D eigenvalue weighted by atomic mass is 79.9. The smallest absolute Gasteiger partial charge is 0.256 e. The lowest BCUT2D eigenvalue weighted by atomic mass is 10.1. The number of hydrogen-bond donors (Lipinski definition) is 1. The molecule has 0 saturated heterocycles. The van der Waals surface area contributed by atoms with Crippen LogP contribution in [0, 0.1) is 0 Å². The van der Waals surface area contributed by atoms with Crippen molar-refractivity contribution in [2.75, 3.05) is 19.4 Å². The van der Waals surface area contributed by atoms with Crippen molar-refractivity contribution >= 4 is 27.5 Å². The third-order valence-corrected chi connectivity index (χ3v) is 3.47. The molecule has 0 aliphatic heterocycles. The van der Waals surface area contributed by atoms with Gasteiger partial charge in [-0.15, -0.1) is 0 Å². The zero-order valence-corrected chi connectivity index (χ0v) is 13.0. The molecule has 1 N–H and O–H groups in total. The number of carbonyl (C=O) groups is 1. The standard InChI is InChI=1S/C15H16BrN3O/c1-17-14-9-18-7-6-13(14)15(20)19(2)10-11-4-3-5-12(16)8-11/h3-9,17H,10H2,1-2H3. The number of hydrogen-bond acceptors (Lipinski definition) is 3.